The zero-order chi connectivity index (χ0) is 14.0. The fourth-order valence-corrected chi connectivity index (χ4v) is 1.63. The van der Waals surface area contributed by atoms with Crippen LogP contribution < -0.4 is 11.2 Å². The first kappa shape index (κ1) is 13.1. The van der Waals surface area contributed by atoms with Crippen molar-refractivity contribution < 1.29 is 18.7 Å². The summed E-state index contributed by atoms with van der Waals surface area (Å²) in [5.41, 5.74) is -1.91. The average Bonchev–Trinajstić information content (AvgIpc) is 2.83. The highest BCUT2D eigenvalue weighted by atomic mass is 19.1. The van der Waals surface area contributed by atoms with E-state index >= 15 is 0 Å². The first-order valence-electron chi connectivity index (χ1n) is 5.57. The first-order valence-corrected chi connectivity index (χ1v) is 5.57. The van der Waals surface area contributed by atoms with Gasteiger partial charge in [0.15, 0.2) is 6.23 Å². The van der Waals surface area contributed by atoms with Crippen molar-refractivity contribution in [2.45, 2.75) is 19.6 Å². The van der Waals surface area contributed by atoms with Crippen molar-refractivity contribution in [3.8, 4) is 0 Å². The lowest BCUT2D eigenvalue weighted by Gasteiger charge is -2.14. The largest absolute Gasteiger partial charge is 0.462 e. The summed E-state index contributed by atoms with van der Waals surface area (Å²) in [6.07, 6.45) is 1.50. The van der Waals surface area contributed by atoms with Crippen molar-refractivity contribution in [3.63, 3.8) is 0 Å². The van der Waals surface area contributed by atoms with E-state index in [9.17, 15) is 18.8 Å². The second kappa shape index (κ2) is 5.09. The van der Waals surface area contributed by atoms with Crippen LogP contribution in [0.25, 0.3) is 0 Å². The Morgan fingerprint density at radius 1 is 1.63 bits per heavy atom. The summed E-state index contributed by atoms with van der Waals surface area (Å²) in [5, 5.41) is 0. The van der Waals surface area contributed by atoms with Crippen molar-refractivity contribution in [3.05, 3.63) is 44.7 Å². The third-order valence-corrected chi connectivity index (χ3v) is 2.48. The van der Waals surface area contributed by atoms with E-state index in [4.69, 9.17) is 9.47 Å². The number of halogens is 1. The highest BCUT2D eigenvalue weighted by molar-refractivity contribution is 5.86. The number of carbonyl (C=O) groups excluding carboxylic acids is 1. The minimum absolute atomic E-state index is 0.0367. The summed E-state index contributed by atoms with van der Waals surface area (Å²) in [6, 6.07) is 0. The third kappa shape index (κ3) is 2.56. The Morgan fingerprint density at radius 3 is 3.05 bits per heavy atom. The average molecular weight is 270 g/mol. The summed E-state index contributed by atoms with van der Waals surface area (Å²) in [7, 11) is 0. The van der Waals surface area contributed by atoms with E-state index < -0.39 is 29.3 Å². The van der Waals surface area contributed by atoms with Crippen LogP contribution in [0, 0.1) is 5.82 Å². The molecule has 0 bridgehead atoms. The molecule has 0 unspecified atom stereocenters. The highest BCUT2D eigenvalue weighted by Crippen LogP contribution is 2.25. The molecule has 0 amide bonds. The van der Waals surface area contributed by atoms with Gasteiger partial charge in [-0.15, -0.1) is 0 Å². The number of esters is 1. The van der Waals surface area contributed by atoms with E-state index in [0.717, 1.165) is 10.8 Å². The number of hydrogen-bond acceptors (Lipinski definition) is 5. The third-order valence-electron chi connectivity index (χ3n) is 2.48. The quantitative estimate of drug-likeness (QED) is 0.783. The number of nitrogens with zero attached hydrogens (tertiary/aromatic N) is 1. The van der Waals surface area contributed by atoms with Gasteiger partial charge in [-0.1, -0.05) is 0 Å². The molecule has 2 heterocycles. The van der Waals surface area contributed by atoms with Gasteiger partial charge in [-0.25, -0.2) is 9.59 Å². The van der Waals surface area contributed by atoms with Crippen molar-refractivity contribution in [1.82, 2.24) is 9.55 Å². The summed E-state index contributed by atoms with van der Waals surface area (Å²) in [6.45, 7) is 1.84. The van der Waals surface area contributed by atoms with E-state index in [1.807, 2.05) is 4.98 Å². The molecule has 0 fully saturated rings. The molecule has 102 valence electrons. The smallest absolute Gasteiger partial charge is 0.373 e. The van der Waals surface area contributed by atoms with Crippen LogP contribution in [0.4, 0.5) is 4.39 Å². The normalized spacial score (nSPS) is 17.8. The fourth-order valence-electron chi connectivity index (χ4n) is 1.63. The standard InChI is InChI=1S/C11H11FN2O5/c1-2-18-10(16)7-3-4-8(19-7)14-5-6(12)9(15)13-11(14)17/h3,5,8H,2,4H2,1H3,(H,13,15,17)/t8-/m0/s1. The van der Waals surface area contributed by atoms with Crippen LogP contribution in [-0.4, -0.2) is 22.1 Å². The first-order chi connectivity index (χ1) is 9.02. The Kier molecular flexibility index (Phi) is 3.50. The van der Waals surface area contributed by atoms with E-state index in [-0.39, 0.29) is 18.8 Å². The van der Waals surface area contributed by atoms with Gasteiger partial charge >= 0.3 is 11.7 Å². The van der Waals surface area contributed by atoms with Crippen LogP contribution in [-0.2, 0) is 14.3 Å². The molecule has 1 N–H and O–H groups in total. The molecule has 1 atom stereocenters. The van der Waals surface area contributed by atoms with Crippen molar-refractivity contribution >= 4 is 5.97 Å². The molecule has 0 saturated heterocycles. The zero-order valence-electron chi connectivity index (χ0n) is 10.0. The SMILES string of the molecule is CCOC(=O)C1=CC[C@@H](n2cc(F)c(=O)[nH]c2=O)O1. The lowest BCUT2D eigenvalue weighted by molar-refractivity contribution is -0.143. The molecule has 1 aliphatic heterocycles. The summed E-state index contributed by atoms with van der Waals surface area (Å²) < 4.78 is 23.9. The van der Waals surface area contributed by atoms with E-state index in [1.165, 1.54) is 6.08 Å². The number of aromatic nitrogens is 2. The Balaban J connectivity index is 2.20. The molecule has 7 nitrogen and oxygen atoms in total. The van der Waals surface area contributed by atoms with Gasteiger partial charge in [0.1, 0.15) is 0 Å². The number of aromatic amines is 1. The van der Waals surface area contributed by atoms with E-state index in [0.29, 0.717) is 0 Å². The maximum atomic E-state index is 13.1. The predicted molar refractivity (Wildman–Crippen MR) is 60.7 cm³/mol. The monoisotopic (exact) mass is 270 g/mol. The molecule has 0 radical (unpaired) electrons. The van der Waals surface area contributed by atoms with Gasteiger partial charge < -0.3 is 9.47 Å². The number of rotatable bonds is 3. The number of carbonyl (C=O) groups is 1. The van der Waals surface area contributed by atoms with E-state index in [1.54, 1.807) is 6.92 Å². The molecule has 1 aromatic rings. The molecule has 1 aromatic heterocycles. The maximum absolute atomic E-state index is 13.1. The van der Waals surface area contributed by atoms with Gasteiger partial charge in [-0.3, -0.25) is 14.3 Å². The van der Waals surface area contributed by atoms with Crippen LogP contribution in [0.2, 0.25) is 0 Å². The summed E-state index contributed by atoms with van der Waals surface area (Å²) in [4.78, 5) is 35.6. The lowest BCUT2D eigenvalue weighted by atomic mass is 10.3. The molecule has 0 spiro atoms. The molecular formula is C11H11FN2O5. The molecule has 8 heteroatoms. The topological polar surface area (TPSA) is 90.4 Å². The van der Waals surface area contributed by atoms with Gasteiger partial charge in [0.2, 0.25) is 11.6 Å². The fraction of sp³-hybridized carbons (Fsp3) is 0.364. The van der Waals surface area contributed by atoms with Gasteiger partial charge in [0, 0.05) is 6.42 Å². The van der Waals surface area contributed by atoms with Gasteiger partial charge in [-0.2, -0.15) is 4.39 Å². The molecular weight excluding hydrogens is 259 g/mol. The Bertz CT molecular complexity index is 645. The molecule has 0 aliphatic carbocycles. The number of ether oxygens (including phenoxy) is 2. The highest BCUT2D eigenvalue weighted by Gasteiger charge is 2.26. The predicted octanol–water partition coefficient (Wildman–Crippen LogP) is 0.0416. The van der Waals surface area contributed by atoms with Gasteiger partial charge in [-0.05, 0) is 13.0 Å². The van der Waals surface area contributed by atoms with Crippen molar-refractivity contribution in [2.24, 2.45) is 0 Å². The second-order valence-electron chi connectivity index (χ2n) is 3.74. The van der Waals surface area contributed by atoms with Crippen LogP contribution in [0.5, 0.6) is 0 Å². The van der Waals surface area contributed by atoms with Gasteiger partial charge in [0.05, 0.1) is 12.8 Å². The Hall–Kier alpha value is -2.38. The van der Waals surface area contributed by atoms with Crippen LogP contribution >= 0.6 is 0 Å². The van der Waals surface area contributed by atoms with Crippen LogP contribution in [0.1, 0.15) is 19.6 Å². The Morgan fingerprint density at radius 2 is 2.37 bits per heavy atom. The molecule has 0 saturated carbocycles. The van der Waals surface area contributed by atoms with Crippen molar-refractivity contribution in [2.75, 3.05) is 6.61 Å². The van der Waals surface area contributed by atoms with Crippen LogP contribution in [0.15, 0.2) is 27.6 Å². The molecule has 0 aromatic carbocycles. The molecule has 19 heavy (non-hydrogen) atoms. The lowest BCUT2D eigenvalue weighted by Crippen LogP contribution is -2.33. The minimum atomic E-state index is -1.10. The molecule has 2 rings (SSSR count). The molecule has 1 aliphatic rings. The minimum Gasteiger partial charge on any atom is -0.462 e. The second-order valence-corrected chi connectivity index (χ2v) is 3.74. The zero-order valence-corrected chi connectivity index (χ0v) is 10.0. The number of H-pyrrole nitrogens is 1. The summed E-state index contributed by atoms with van der Waals surface area (Å²) in [5.74, 6) is -1.79. The van der Waals surface area contributed by atoms with Gasteiger partial charge in [0.25, 0.3) is 5.56 Å². The number of hydrogen-bond donors (Lipinski definition) is 1. The van der Waals surface area contributed by atoms with Crippen LogP contribution in [0.3, 0.4) is 0 Å². The maximum Gasteiger partial charge on any atom is 0.373 e. The summed E-state index contributed by atoms with van der Waals surface area (Å²) >= 11 is 0. The van der Waals surface area contributed by atoms with Crippen molar-refractivity contribution in [1.29, 1.82) is 0 Å². The number of nitrogens with one attached hydrogen (secondary N) is 1. The Labute approximate surface area is 106 Å². The van der Waals surface area contributed by atoms with E-state index in [2.05, 4.69) is 0 Å².